The number of hydrogen-bond acceptors (Lipinski definition) is 4. The first-order chi connectivity index (χ1) is 5.95. The lowest BCUT2D eigenvalue weighted by Gasteiger charge is -2.21. The molecule has 0 radical (unpaired) electrons. The first-order valence-corrected chi connectivity index (χ1v) is 3.77. The normalized spacial score (nSPS) is 15.3. The number of phenolic OH excluding ortho intramolecular Hbond substituents is 2. The molecule has 0 spiro atoms. The van der Waals surface area contributed by atoms with Crippen LogP contribution >= 0.6 is 0 Å². The molecule has 72 valence electrons. The van der Waals surface area contributed by atoms with Crippen LogP contribution in [-0.2, 0) is 10.5 Å². The summed E-state index contributed by atoms with van der Waals surface area (Å²) in [7, 11) is 1.33. The third kappa shape index (κ3) is 2.11. The van der Waals surface area contributed by atoms with E-state index in [2.05, 4.69) is 0 Å². The van der Waals surface area contributed by atoms with Gasteiger partial charge in [-0.2, -0.15) is 0 Å². The van der Waals surface area contributed by atoms with Crippen LogP contribution in [0.25, 0.3) is 0 Å². The highest BCUT2D eigenvalue weighted by molar-refractivity contribution is 5.38. The number of benzene rings is 1. The van der Waals surface area contributed by atoms with Gasteiger partial charge < -0.3 is 20.1 Å². The van der Waals surface area contributed by atoms with Crippen molar-refractivity contribution in [2.45, 2.75) is 12.7 Å². The highest BCUT2D eigenvalue weighted by atomic mass is 16.6. The van der Waals surface area contributed by atoms with E-state index in [9.17, 15) is 5.11 Å². The number of aliphatic hydroxyl groups is 1. The molecule has 0 saturated carbocycles. The van der Waals surface area contributed by atoms with Gasteiger partial charge in [0.2, 0.25) is 0 Å². The Morgan fingerprint density at radius 3 is 2.00 bits per heavy atom. The van der Waals surface area contributed by atoms with Gasteiger partial charge in [0.15, 0.2) is 5.79 Å². The largest absolute Gasteiger partial charge is 0.508 e. The van der Waals surface area contributed by atoms with E-state index in [1.54, 1.807) is 0 Å². The Kier molecular flexibility index (Phi) is 2.45. The molecular formula is C9H12O4. The van der Waals surface area contributed by atoms with Crippen LogP contribution < -0.4 is 0 Å². The third-order valence-electron chi connectivity index (χ3n) is 1.84. The number of phenols is 2. The van der Waals surface area contributed by atoms with Gasteiger partial charge in [-0.1, -0.05) is 0 Å². The van der Waals surface area contributed by atoms with Gasteiger partial charge in [-0.25, -0.2) is 0 Å². The Bertz CT molecular complexity index is 286. The van der Waals surface area contributed by atoms with Crippen molar-refractivity contribution in [2.24, 2.45) is 0 Å². The minimum Gasteiger partial charge on any atom is -0.508 e. The SMILES string of the molecule is COC(C)(O)c1cc(O)cc(O)c1. The molecule has 0 fully saturated rings. The van der Waals surface area contributed by atoms with E-state index in [0.717, 1.165) is 0 Å². The van der Waals surface area contributed by atoms with Crippen molar-refractivity contribution in [1.29, 1.82) is 0 Å². The van der Waals surface area contributed by atoms with E-state index < -0.39 is 5.79 Å². The van der Waals surface area contributed by atoms with Gasteiger partial charge in [-0.15, -0.1) is 0 Å². The second kappa shape index (κ2) is 3.24. The van der Waals surface area contributed by atoms with E-state index in [1.807, 2.05) is 0 Å². The number of rotatable bonds is 2. The smallest absolute Gasteiger partial charge is 0.189 e. The maximum Gasteiger partial charge on any atom is 0.189 e. The van der Waals surface area contributed by atoms with E-state index >= 15 is 0 Å². The highest BCUT2D eigenvalue weighted by Crippen LogP contribution is 2.28. The van der Waals surface area contributed by atoms with Crippen LogP contribution in [0.1, 0.15) is 12.5 Å². The molecule has 4 heteroatoms. The summed E-state index contributed by atoms with van der Waals surface area (Å²) in [6.45, 7) is 1.42. The standard InChI is InChI=1S/C9H12O4/c1-9(12,13-2)6-3-7(10)5-8(11)4-6/h3-5,10-12H,1-2H3. The molecule has 4 nitrogen and oxygen atoms in total. The molecule has 0 aliphatic carbocycles. The van der Waals surface area contributed by atoms with Crippen LogP contribution in [-0.4, -0.2) is 22.4 Å². The minimum atomic E-state index is -1.50. The fourth-order valence-electron chi connectivity index (χ4n) is 0.981. The van der Waals surface area contributed by atoms with Gasteiger partial charge in [0.05, 0.1) is 0 Å². The van der Waals surface area contributed by atoms with Crippen LogP contribution in [0.15, 0.2) is 18.2 Å². The van der Waals surface area contributed by atoms with Crippen molar-refractivity contribution in [3.63, 3.8) is 0 Å². The second-order valence-electron chi connectivity index (χ2n) is 2.93. The molecule has 13 heavy (non-hydrogen) atoms. The van der Waals surface area contributed by atoms with Crippen molar-refractivity contribution in [3.05, 3.63) is 23.8 Å². The Morgan fingerprint density at radius 1 is 1.15 bits per heavy atom. The van der Waals surface area contributed by atoms with E-state index in [0.29, 0.717) is 5.56 Å². The van der Waals surface area contributed by atoms with E-state index in [1.165, 1.54) is 32.2 Å². The molecule has 1 rings (SSSR count). The van der Waals surface area contributed by atoms with Gasteiger partial charge in [0, 0.05) is 18.7 Å². The quantitative estimate of drug-likeness (QED) is 0.597. The predicted molar refractivity (Wildman–Crippen MR) is 46.4 cm³/mol. The molecule has 1 aromatic carbocycles. The summed E-state index contributed by atoms with van der Waals surface area (Å²) >= 11 is 0. The van der Waals surface area contributed by atoms with Gasteiger partial charge in [-0.05, 0) is 19.1 Å². The van der Waals surface area contributed by atoms with Crippen molar-refractivity contribution >= 4 is 0 Å². The molecule has 1 unspecified atom stereocenters. The fourth-order valence-corrected chi connectivity index (χ4v) is 0.981. The molecule has 3 N–H and O–H groups in total. The predicted octanol–water partition coefficient (Wildman–Crippen LogP) is 0.909. The van der Waals surface area contributed by atoms with Crippen LogP contribution in [0, 0.1) is 0 Å². The molecule has 0 aromatic heterocycles. The van der Waals surface area contributed by atoms with Gasteiger partial charge in [-0.3, -0.25) is 0 Å². The van der Waals surface area contributed by atoms with Gasteiger partial charge >= 0.3 is 0 Å². The van der Waals surface area contributed by atoms with Crippen molar-refractivity contribution < 1.29 is 20.1 Å². The molecule has 1 aromatic rings. The zero-order chi connectivity index (χ0) is 10.1. The summed E-state index contributed by atoms with van der Waals surface area (Å²) in [6, 6.07) is 3.82. The Morgan fingerprint density at radius 2 is 1.62 bits per heavy atom. The number of methoxy groups -OCH3 is 1. The zero-order valence-electron chi connectivity index (χ0n) is 7.48. The number of ether oxygens (including phenoxy) is 1. The molecule has 0 heterocycles. The maximum absolute atomic E-state index is 9.60. The number of hydrogen-bond donors (Lipinski definition) is 3. The molecule has 0 bridgehead atoms. The summed E-state index contributed by atoms with van der Waals surface area (Å²) in [5, 5.41) is 27.9. The molecule has 0 saturated heterocycles. The van der Waals surface area contributed by atoms with Gasteiger partial charge in [0.1, 0.15) is 11.5 Å². The molecule has 0 aliphatic rings. The highest BCUT2D eigenvalue weighted by Gasteiger charge is 2.23. The van der Waals surface area contributed by atoms with Crippen LogP contribution in [0.4, 0.5) is 0 Å². The van der Waals surface area contributed by atoms with Crippen molar-refractivity contribution in [2.75, 3.05) is 7.11 Å². The summed E-state index contributed by atoms with van der Waals surface area (Å²) in [5.74, 6) is -1.74. The monoisotopic (exact) mass is 184 g/mol. The first kappa shape index (κ1) is 9.83. The Hall–Kier alpha value is -1.26. The van der Waals surface area contributed by atoms with Crippen LogP contribution in [0.5, 0.6) is 11.5 Å². The summed E-state index contributed by atoms with van der Waals surface area (Å²) < 4.78 is 4.77. The summed E-state index contributed by atoms with van der Waals surface area (Å²) in [4.78, 5) is 0. The minimum absolute atomic E-state index is 0.118. The van der Waals surface area contributed by atoms with Crippen LogP contribution in [0.2, 0.25) is 0 Å². The Balaban J connectivity index is 3.15. The molecule has 1 atom stereocenters. The lowest BCUT2D eigenvalue weighted by molar-refractivity contribution is -0.179. The van der Waals surface area contributed by atoms with Crippen molar-refractivity contribution in [1.82, 2.24) is 0 Å². The van der Waals surface area contributed by atoms with E-state index in [4.69, 9.17) is 14.9 Å². The lowest BCUT2D eigenvalue weighted by atomic mass is 10.1. The third-order valence-corrected chi connectivity index (χ3v) is 1.84. The van der Waals surface area contributed by atoms with Crippen molar-refractivity contribution in [3.8, 4) is 11.5 Å². The fraction of sp³-hybridized carbons (Fsp3) is 0.333. The average Bonchev–Trinajstić information content (AvgIpc) is 2.02. The maximum atomic E-state index is 9.60. The topological polar surface area (TPSA) is 69.9 Å². The first-order valence-electron chi connectivity index (χ1n) is 3.77. The molecule has 0 amide bonds. The summed E-state index contributed by atoms with van der Waals surface area (Å²) in [6.07, 6.45) is 0. The summed E-state index contributed by atoms with van der Waals surface area (Å²) in [5.41, 5.74) is 0.299. The average molecular weight is 184 g/mol. The molecule has 0 aliphatic heterocycles. The van der Waals surface area contributed by atoms with Crippen LogP contribution in [0.3, 0.4) is 0 Å². The number of aromatic hydroxyl groups is 2. The molecular weight excluding hydrogens is 172 g/mol. The Labute approximate surface area is 76.0 Å². The second-order valence-corrected chi connectivity index (χ2v) is 2.93. The zero-order valence-corrected chi connectivity index (χ0v) is 7.48. The lowest BCUT2D eigenvalue weighted by Crippen LogP contribution is -2.23. The van der Waals surface area contributed by atoms with Gasteiger partial charge in [0.25, 0.3) is 0 Å². The van der Waals surface area contributed by atoms with E-state index in [-0.39, 0.29) is 11.5 Å².